The molecule has 0 aliphatic rings. The molecule has 0 aromatic heterocycles. The molecular formula is C7H13NO3. The van der Waals surface area contributed by atoms with Gasteiger partial charge in [0.15, 0.2) is 0 Å². The van der Waals surface area contributed by atoms with Gasteiger partial charge in [0.1, 0.15) is 0 Å². The Morgan fingerprint density at radius 1 is 1.27 bits per heavy atom. The van der Waals surface area contributed by atoms with Crippen LogP contribution in [-0.4, -0.2) is 17.0 Å². The number of rotatable bonds is 6. The van der Waals surface area contributed by atoms with Gasteiger partial charge in [-0.1, -0.05) is 6.42 Å². The quantitative estimate of drug-likeness (QED) is 0.598. The lowest BCUT2D eigenvalue weighted by Gasteiger charge is -1.95. The van der Waals surface area contributed by atoms with Crippen LogP contribution in [0.4, 0.5) is 0 Å². The minimum atomic E-state index is -2.40. The van der Waals surface area contributed by atoms with E-state index in [0.29, 0.717) is 0 Å². The molecule has 0 unspecified atom stereocenters. The SMILES string of the molecule is [2H]C([2H])(CCCC([2H])([2H])C(=O)O)C(N)=O. The van der Waals surface area contributed by atoms with Crippen molar-refractivity contribution >= 4 is 11.9 Å². The fourth-order valence-corrected chi connectivity index (χ4v) is 0.495. The second-order valence-corrected chi connectivity index (χ2v) is 1.88. The zero-order valence-corrected chi connectivity index (χ0v) is 5.96. The molecule has 0 saturated heterocycles. The molecule has 0 spiro atoms. The van der Waals surface area contributed by atoms with Crippen molar-refractivity contribution in [1.29, 1.82) is 0 Å². The molecule has 64 valence electrons. The molecule has 0 atom stereocenters. The number of aliphatic carboxylic acids is 1. The summed E-state index contributed by atoms with van der Waals surface area (Å²) >= 11 is 0. The summed E-state index contributed by atoms with van der Waals surface area (Å²) in [6, 6.07) is 0. The average molecular weight is 163 g/mol. The fraction of sp³-hybridized carbons (Fsp3) is 0.714. The Hall–Kier alpha value is -1.06. The first-order valence-corrected chi connectivity index (χ1v) is 3.13. The normalized spacial score (nSPS) is 17.5. The van der Waals surface area contributed by atoms with Crippen LogP contribution < -0.4 is 5.73 Å². The highest BCUT2D eigenvalue weighted by Gasteiger charge is 1.97. The third kappa shape index (κ3) is 8.94. The third-order valence-electron chi connectivity index (χ3n) is 0.929. The number of hydrogen-bond donors (Lipinski definition) is 2. The molecule has 0 aliphatic heterocycles. The summed E-state index contributed by atoms with van der Waals surface area (Å²) in [4.78, 5) is 20.9. The molecule has 0 fully saturated rings. The topological polar surface area (TPSA) is 80.4 Å². The van der Waals surface area contributed by atoms with Crippen LogP contribution in [0.15, 0.2) is 0 Å². The lowest BCUT2D eigenvalue weighted by atomic mass is 10.1. The smallest absolute Gasteiger partial charge is 0.303 e. The van der Waals surface area contributed by atoms with Crippen LogP contribution in [0, 0.1) is 0 Å². The second-order valence-electron chi connectivity index (χ2n) is 1.88. The first kappa shape index (κ1) is 4.74. The Balaban J connectivity index is 4.11. The monoisotopic (exact) mass is 163 g/mol. The van der Waals surface area contributed by atoms with Crippen molar-refractivity contribution in [3.05, 3.63) is 0 Å². The molecule has 4 heteroatoms. The number of hydrogen-bond acceptors (Lipinski definition) is 2. The van der Waals surface area contributed by atoms with Crippen molar-refractivity contribution in [1.82, 2.24) is 0 Å². The van der Waals surface area contributed by atoms with Gasteiger partial charge in [-0.3, -0.25) is 9.59 Å². The van der Waals surface area contributed by atoms with Crippen LogP contribution in [0.25, 0.3) is 0 Å². The highest BCUT2D eigenvalue weighted by atomic mass is 16.4. The van der Waals surface area contributed by atoms with Crippen molar-refractivity contribution in [2.75, 3.05) is 0 Å². The molecule has 3 N–H and O–H groups in total. The fourth-order valence-electron chi connectivity index (χ4n) is 0.495. The molecule has 0 heterocycles. The van der Waals surface area contributed by atoms with E-state index in [2.05, 4.69) is 0 Å². The maximum absolute atomic E-state index is 10.5. The van der Waals surface area contributed by atoms with Gasteiger partial charge in [0.25, 0.3) is 0 Å². The van der Waals surface area contributed by atoms with E-state index in [0.717, 1.165) is 0 Å². The van der Waals surface area contributed by atoms with Crippen LogP contribution in [0.5, 0.6) is 0 Å². The van der Waals surface area contributed by atoms with Crippen LogP contribution in [0.3, 0.4) is 0 Å². The number of primary amides is 1. The largest absolute Gasteiger partial charge is 0.481 e. The first-order valence-electron chi connectivity index (χ1n) is 5.13. The van der Waals surface area contributed by atoms with E-state index < -0.39 is 24.6 Å². The van der Waals surface area contributed by atoms with Gasteiger partial charge in [-0.25, -0.2) is 0 Å². The summed E-state index contributed by atoms with van der Waals surface area (Å²) < 4.78 is 28.3. The molecule has 0 rings (SSSR count). The van der Waals surface area contributed by atoms with Gasteiger partial charge in [0, 0.05) is 18.2 Å². The minimum absolute atomic E-state index is 0.0603. The Labute approximate surface area is 71.0 Å². The lowest BCUT2D eigenvalue weighted by Crippen LogP contribution is -2.09. The van der Waals surface area contributed by atoms with E-state index in [1.54, 1.807) is 0 Å². The summed E-state index contributed by atoms with van der Waals surface area (Å²) in [5.74, 6) is -2.72. The highest BCUT2D eigenvalue weighted by Crippen LogP contribution is 2.01. The van der Waals surface area contributed by atoms with Crippen molar-refractivity contribution in [3.63, 3.8) is 0 Å². The Bertz CT molecular complexity index is 241. The lowest BCUT2D eigenvalue weighted by molar-refractivity contribution is -0.137. The number of carbonyl (C=O) groups excluding carboxylic acids is 1. The van der Waals surface area contributed by atoms with Crippen LogP contribution in [0.1, 0.15) is 37.5 Å². The van der Waals surface area contributed by atoms with Gasteiger partial charge < -0.3 is 10.8 Å². The van der Waals surface area contributed by atoms with E-state index in [1.807, 2.05) is 0 Å². The predicted octanol–water partition coefficient (Wildman–Crippen LogP) is 0.507. The summed E-state index contributed by atoms with van der Waals surface area (Å²) in [5, 5.41) is 8.42. The van der Waals surface area contributed by atoms with Gasteiger partial charge in [-0.2, -0.15) is 0 Å². The molecule has 0 radical (unpaired) electrons. The molecule has 1 amide bonds. The molecule has 0 aromatic rings. The van der Waals surface area contributed by atoms with Gasteiger partial charge in [0.2, 0.25) is 5.91 Å². The van der Waals surface area contributed by atoms with Crippen molar-refractivity contribution < 1.29 is 20.2 Å². The maximum Gasteiger partial charge on any atom is 0.303 e. The van der Waals surface area contributed by atoms with Crippen LogP contribution >= 0.6 is 0 Å². The number of carboxylic acids is 1. The number of carbonyl (C=O) groups is 2. The number of carboxylic acid groups (broad SMARTS) is 1. The molecule has 0 saturated carbocycles. The minimum Gasteiger partial charge on any atom is -0.481 e. The molecular weight excluding hydrogens is 146 g/mol. The second kappa shape index (κ2) is 5.70. The first-order chi connectivity index (χ1) is 6.59. The van der Waals surface area contributed by atoms with Crippen molar-refractivity contribution in [3.8, 4) is 0 Å². The summed E-state index contributed by atoms with van der Waals surface area (Å²) in [7, 11) is 0. The summed E-state index contributed by atoms with van der Waals surface area (Å²) in [6.45, 7) is 0. The van der Waals surface area contributed by atoms with E-state index in [-0.39, 0.29) is 19.3 Å². The number of amides is 1. The van der Waals surface area contributed by atoms with Gasteiger partial charge >= 0.3 is 5.97 Å². The third-order valence-corrected chi connectivity index (χ3v) is 0.929. The van der Waals surface area contributed by atoms with Gasteiger partial charge in [-0.15, -0.1) is 0 Å². The summed E-state index contributed by atoms with van der Waals surface area (Å²) in [6.07, 6.45) is -5.30. The molecule has 0 bridgehead atoms. The average Bonchev–Trinajstić information content (AvgIpc) is 2.02. The Morgan fingerprint density at radius 3 is 2.27 bits per heavy atom. The zero-order chi connectivity index (χ0) is 12.3. The standard InChI is InChI=1S/C7H13NO3/c8-6(9)4-2-1-3-5-7(10)11/h1-5H2,(H2,8,9)(H,10,11)/i4D2,5D2. The number of nitrogens with two attached hydrogens (primary N) is 1. The maximum atomic E-state index is 10.5. The van der Waals surface area contributed by atoms with Gasteiger partial charge in [0.05, 0.1) is 0 Å². The van der Waals surface area contributed by atoms with E-state index >= 15 is 0 Å². The molecule has 11 heavy (non-hydrogen) atoms. The Morgan fingerprint density at radius 2 is 1.82 bits per heavy atom. The molecule has 0 aromatic carbocycles. The van der Waals surface area contributed by atoms with E-state index in [9.17, 15) is 9.59 Å². The molecule has 4 nitrogen and oxygen atoms in total. The van der Waals surface area contributed by atoms with Crippen molar-refractivity contribution in [2.45, 2.75) is 32.0 Å². The summed E-state index contributed by atoms with van der Waals surface area (Å²) in [5.41, 5.74) is 4.76. The highest BCUT2D eigenvalue weighted by molar-refractivity contribution is 5.73. The molecule has 0 aliphatic carbocycles. The Kier molecular flexibility index (Phi) is 2.46. The predicted molar refractivity (Wildman–Crippen MR) is 39.9 cm³/mol. The van der Waals surface area contributed by atoms with E-state index in [4.69, 9.17) is 16.3 Å². The van der Waals surface area contributed by atoms with Crippen LogP contribution in [-0.2, 0) is 9.59 Å². The van der Waals surface area contributed by atoms with Crippen LogP contribution in [0.2, 0.25) is 0 Å². The van der Waals surface area contributed by atoms with E-state index in [1.165, 1.54) is 0 Å². The zero-order valence-electron chi connectivity index (χ0n) is 9.96. The van der Waals surface area contributed by atoms with Gasteiger partial charge in [-0.05, 0) is 12.8 Å². The van der Waals surface area contributed by atoms with Crippen molar-refractivity contribution in [2.24, 2.45) is 5.73 Å².